The highest BCUT2D eigenvalue weighted by Gasteiger charge is 2.33. The van der Waals surface area contributed by atoms with E-state index in [-0.39, 0.29) is 117 Å². The molecule has 0 rings (SSSR count). The second-order valence-electron chi connectivity index (χ2n) is 29.5. The number of nitrogens with one attached hydrogen (secondary N) is 11. The Bertz CT molecular complexity index is 2910. The number of carbonyl (C=O) groups is 11. The van der Waals surface area contributed by atoms with E-state index in [1.807, 2.05) is 6.92 Å². The van der Waals surface area contributed by atoms with Crippen molar-refractivity contribution in [3.05, 3.63) is 41.8 Å². The second kappa shape index (κ2) is 55.1. The molecule has 11 amide bonds. The number of unbranched alkanes of at least 4 members (excludes halogenated alkanes) is 10. The molecule has 0 aliphatic rings. The van der Waals surface area contributed by atoms with Gasteiger partial charge < -0.3 is 77.4 Å². The number of alkyl carbamates (subject to hydrolysis) is 4. The Kier molecular flexibility index (Phi) is 50.2. The van der Waals surface area contributed by atoms with Crippen LogP contribution in [-0.2, 0) is 52.5 Å². The Morgan fingerprint density at radius 1 is 0.274 bits per heavy atom. The van der Waals surface area contributed by atoms with E-state index in [9.17, 15) is 52.7 Å². The van der Waals surface area contributed by atoms with E-state index in [0.717, 1.165) is 6.42 Å². The summed E-state index contributed by atoms with van der Waals surface area (Å²) in [4.78, 5) is 161. The molecule has 0 fully saturated rings. The number of rotatable bonds is 54. The van der Waals surface area contributed by atoms with E-state index in [1.54, 1.807) is 83.1 Å². The van der Waals surface area contributed by atoms with E-state index >= 15 is 0 Å². The molecule has 38 nitrogen and oxygen atoms in total. The largest absolute Gasteiger partial charge is 0.444 e. The lowest BCUT2D eigenvalue weighted by Gasteiger charge is -2.26. The molecule has 0 heterocycles. The molecule has 0 aliphatic carbocycles. The summed E-state index contributed by atoms with van der Waals surface area (Å²) in [6.45, 7) is 23.3. The van der Waals surface area contributed by atoms with E-state index in [0.29, 0.717) is 89.9 Å². The molecule has 600 valence electrons. The van der Waals surface area contributed by atoms with Gasteiger partial charge in [-0.2, -0.15) is 0 Å². The fraction of sp³-hybridized carbons (Fsp3) is 0.838. The van der Waals surface area contributed by atoms with Crippen molar-refractivity contribution in [3.63, 3.8) is 0 Å². The van der Waals surface area contributed by atoms with Crippen molar-refractivity contribution in [1.29, 1.82) is 0 Å². The minimum Gasteiger partial charge on any atom is -0.444 e. The summed E-state index contributed by atoms with van der Waals surface area (Å²) in [6.07, 6.45) is 5.00. The van der Waals surface area contributed by atoms with Crippen LogP contribution in [-0.4, -0.2) is 183 Å². The van der Waals surface area contributed by atoms with Gasteiger partial charge in [0.2, 0.25) is 41.4 Å². The number of nitrogens with zero attached hydrogens (tertiary/aromatic N) is 12. The minimum absolute atomic E-state index is 0.0221. The van der Waals surface area contributed by atoms with Crippen molar-refractivity contribution in [2.24, 2.45) is 20.5 Å². The maximum atomic E-state index is 14.7. The topological polar surface area (TPSA) is 552 Å². The summed E-state index contributed by atoms with van der Waals surface area (Å²) < 4.78 is 21.7. The van der Waals surface area contributed by atoms with Crippen LogP contribution >= 0.6 is 0 Å². The molecule has 0 saturated carbocycles. The third-order valence-electron chi connectivity index (χ3n) is 15.2. The Balaban J connectivity index is 6.95. The standard InChI is InChI=1S/C68H123N23O15/c1-14-15-39-73-54(92)47(81-58(96)51(83-60(98)53(38-24-31-46-80-91-72)87-64(102)106-68(11,12)13)32-18-16-17-25-40-74-56(94)49(35-21-28-43-77-88-69)84-61(99)103-65(2,3)4)33-19-26-41-75-55(93)48(82-59(97)52(37-23-30-45-79-90-71)86-63(101)105-67(8,9)10)34-20-27-42-76-57(95)50(36-22-29-44-78-89-70)85-62(100)104-66(5,6)7/h47-53H,14-46H2,1-13H3,(H,73,92)(H,74,94)(H,75,93)(H,76,95)(H,81,96)(H,82,97)(H,83,98)(H,84,99)(H,85,100)(H,86,101)(H,87,102)/t47-,48+,49-,50-,51+,52+,53+/m1/s1. The predicted octanol–water partition coefficient (Wildman–Crippen LogP) is 10.5. The van der Waals surface area contributed by atoms with Crippen molar-refractivity contribution in [3.8, 4) is 0 Å². The highest BCUT2D eigenvalue weighted by Crippen LogP contribution is 2.17. The summed E-state index contributed by atoms with van der Waals surface area (Å²) in [5, 5.41) is 44.4. The zero-order valence-corrected chi connectivity index (χ0v) is 64.9. The van der Waals surface area contributed by atoms with E-state index in [2.05, 4.69) is 98.6 Å². The predicted molar refractivity (Wildman–Crippen MR) is 398 cm³/mol. The fourth-order valence-corrected chi connectivity index (χ4v) is 10.1. The Labute approximate surface area is 623 Å². The molecule has 7 atom stereocenters. The van der Waals surface area contributed by atoms with Gasteiger partial charge in [0.05, 0.1) is 0 Å². The van der Waals surface area contributed by atoms with Crippen LogP contribution in [0.2, 0.25) is 0 Å². The summed E-state index contributed by atoms with van der Waals surface area (Å²) in [7, 11) is 0. The Hall–Kier alpha value is -9.39. The first-order valence-electron chi connectivity index (χ1n) is 37.0. The molecule has 0 unspecified atom stereocenters. The first-order valence-corrected chi connectivity index (χ1v) is 37.0. The zero-order valence-electron chi connectivity index (χ0n) is 64.9. The van der Waals surface area contributed by atoms with Crippen LogP contribution in [0.4, 0.5) is 19.2 Å². The van der Waals surface area contributed by atoms with Gasteiger partial charge >= 0.3 is 24.4 Å². The van der Waals surface area contributed by atoms with E-state index < -0.39 is 130 Å². The maximum absolute atomic E-state index is 14.7. The molecule has 0 bridgehead atoms. The first kappa shape index (κ1) is 96.6. The SMILES string of the molecule is CCCCNC(=O)[C@@H](CCCCNC(=O)[C@H](CCCCNC(=O)[C@@H](CCCCN=[N+]=[N-])NC(=O)OC(C)(C)C)NC(=O)[C@H](CCCCN=[N+]=[N-])NC(=O)OC(C)(C)C)NC(=O)[C@H](CCCCCCNC(=O)[C@@H](CCCCN=[N+]=[N-])NC(=O)OC(C)(C)C)NC(=O)[C@H](CCCCN=[N+]=[N-])NC(=O)OC(C)(C)C. The molecule has 0 aromatic carbocycles. The van der Waals surface area contributed by atoms with Crippen molar-refractivity contribution in [2.75, 3.05) is 52.4 Å². The van der Waals surface area contributed by atoms with Crippen molar-refractivity contribution in [2.45, 2.75) is 315 Å². The lowest BCUT2D eigenvalue weighted by atomic mass is 10.0. The molecule has 0 saturated heterocycles. The lowest BCUT2D eigenvalue weighted by molar-refractivity contribution is -0.133. The average Bonchev–Trinajstić information content (AvgIpc) is 0.891. The Morgan fingerprint density at radius 2 is 0.462 bits per heavy atom. The van der Waals surface area contributed by atoms with Gasteiger partial charge in [-0.15, -0.1) is 0 Å². The van der Waals surface area contributed by atoms with Crippen LogP contribution in [0.5, 0.6) is 0 Å². The summed E-state index contributed by atoms with van der Waals surface area (Å²) in [6, 6.07) is -7.94. The van der Waals surface area contributed by atoms with Gasteiger partial charge in [-0.1, -0.05) is 78.7 Å². The van der Waals surface area contributed by atoms with Crippen LogP contribution in [0, 0.1) is 0 Å². The monoisotopic (exact) mass is 1500 g/mol. The number of azide groups is 4. The van der Waals surface area contributed by atoms with Gasteiger partial charge in [0, 0.05) is 72.0 Å². The molecule has 0 aromatic rings. The number of hydrogen-bond acceptors (Lipinski definition) is 19. The van der Waals surface area contributed by atoms with Crippen LogP contribution in [0.25, 0.3) is 41.8 Å². The van der Waals surface area contributed by atoms with E-state index in [1.165, 1.54) is 0 Å². The van der Waals surface area contributed by atoms with Crippen LogP contribution in [0.3, 0.4) is 0 Å². The molecule has 0 spiro atoms. The third kappa shape index (κ3) is 52.5. The molecule has 38 heteroatoms. The fourth-order valence-electron chi connectivity index (χ4n) is 10.1. The minimum atomic E-state index is -1.26. The molecule has 106 heavy (non-hydrogen) atoms. The van der Waals surface area contributed by atoms with Gasteiger partial charge in [-0.25, -0.2) is 19.2 Å². The zero-order chi connectivity index (χ0) is 80.0. The molecule has 11 N–H and O–H groups in total. The molecular formula is C68H123N23O15. The normalized spacial score (nSPS) is 13.2. The molecule has 0 aromatic heterocycles. The van der Waals surface area contributed by atoms with Crippen molar-refractivity contribution < 1.29 is 71.7 Å². The summed E-state index contributed by atoms with van der Waals surface area (Å²) in [5.74, 6) is -4.22. The number of hydrogen-bond donors (Lipinski definition) is 11. The number of amides is 11. The quantitative estimate of drug-likeness (QED) is 0.00886. The van der Waals surface area contributed by atoms with E-state index in [4.69, 9.17) is 41.1 Å². The highest BCUT2D eigenvalue weighted by atomic mass is 16.6. The summed E-state index contributed by atoms with van der Waals surface area (Å²) in [5.41, 5.74) is 31.5. The average molecular weight is 1500 g/mol. The Morgan fingerprint density at radius 3 is 0.698 bits per heavy atom. The van der Waals surface area contributed by atoms with Crippen molar-refractivity contribution >= 4 is 65.7 Å². The van der Waals surface area contributed by atoms with Gasteiger partial charge in [0.15, 0.2) is 0 Å². The first-order chi connectivity index (χ1) is 50.0. The molecule has 0 aliphatic heterocycles. The van der Waals surface area contributed by atoms with Gasteiger partial charge in [0.1, 0.15) is 64.7 Å². The number of carbonyl (C=O) groups excluding carboxylic acids is 11. The maximum Gasteiger partial charge on any atom is 0.408 e. The smallest absolute Gasteiger partial charge is 0.408 e. The highest BCUT2D eigenvalue weighted by molar-refractivity contribution is 5.94. The van der Waals surface area contributed by atoms with Crippen molar-refractivity contribution in [1.82, 2.24) is 58.5 Å². The van der Waals surface area contributed by atoms with Gasteiger partial charge in [-0.05, 0) is 214 Å². The molecule has 0 radical (unpaired) electrons. The summed E-state index contributed by atoms with van der Waals surface area (Å²) >= 11 is 0. The lowest BCUT2D eigenvalue weighted by Crippen LogP contribution is -2.57. The molecular weight excluding hydrogens is 1380 g/mol. The second-order valence-corrected chi connectivity index (χ2v) is 29.5. The van der Waals surface area contributed by atoms with Crippen LogP contribution in [0.1, 0.15) is 251 Å². The van der Waals surface area contributed by atoms with Gasteiger partial charge in [0.25, 0.3) is 0 Å². The number of ether oxygens (including phenoxy) is 4. The van der Waals surface area contributed by atoms with Crippen LogP contribution in [0.15, 0.2) is 20.5 Å². The third-order valence-corrected chi connectivity index (χ3v) is 15.2. The van der Waals surface area contributed by atoms with Crippen LogP contribution < -0.4 is 58.5 Å². The van der Waals surface area contributed by atoms with Gasteiger partial charge in [-0.3, -0.25) is 33.6 Å².